The van der Waals surface area contributed by atoms with Gasteiger partial charge in [-0.3, -0.25) is 0 Å². The number of carboxylic acid groups (broad SMARTS) is 1. The third kappa shape index (κ3) is 4.37. The fraction of sp³-hybridized carbons (Fsp3) is 0.429. The summed E-state index contributed by atoms with van der Waals surface area (Å²) in [6.07, 6.45) is 2.07. The summed E-state index contributed by atoms with van der Waals surface area (Å²) in [6, 6.07) is 7.20. The van der Waals surface area contributed by atoms with E-state index in [0.717, 1.165) is 10.6 Å². The van der Waals surface area contributed by atoms with E-state index in [1.165, 1.54) is 0 Å². The van der Waals surface area contributed by atoms with Crippen LogP contribution in [0.25, 0.3) is 0 Å². The lowest BCUT2D eigenvalue weighted by molar-refractivity contribution is -0.149. The van der Waals surface area contributed by atoms with Gasteiger partial charge in [0.15, 0.2) is 6.10 Å². The Morgan fingerprint density at radius 3 is 2.81 bits per heavy atom. The molecule has 0 bridgehead atoms. The van der Waals surface area contributed by atoms with Crippen molar-refractivity contribution in [3.63, 3.8) is 0 Å². The average molecular weight is 310 g/mol. The van der Waals surface area contributed by atoms with Gasteiger partial charge in [0.25, 0.3) is 0 Å². The molecule has 1 aromatic carbocycles. The van der Waals surface area contributed by atoms with Crippen LogP contribution >= 0.6 is 11.8 Å². The predicted molar refractivity (Wildman–Crippen MR) is 80.8 cm³/mol. The maximum Gasteiger partial charge on any atom is 0.332 e. The second-order valence-corrected chi connectivity index (χ2v) is 5.55. The summed E-state index contributed by atoms with van der Waals surface area (Å²) in [5.41, 5.74) is 0.748. The van der Waals surface area contributed by atoms with Gasteiger partial charge in [-0.25, -0.2) is 9.59 Å². The van der Waals surface area contributed by atoms with Crippen LogP contribution in [-0.2, 0) is 9.53 Å². The molecule has 1 fully saturated rings. The van der Waals surface area contributed by atoms with E-state index in [-0.39, 0.29) is 12.1 Å². The summed E-state index contributed by atoms with van der Waals surface area (Å²) < 4.78 is 5.32. The Labute approximate surface area is 127 Å². The average Bonchev–Trinajstić information content (AvgIpc) is 2.95. The molecule has 1 saturated heterocycles. The van der Waals surface area contributed by atoms with Crippen molar-refractivity contribution in [1.29, 1.82) is 0 Å². The Morgan fingerprint density at radius 1 is 1.38 bits per heavy atom. The molecule has 3 N–H and O–H groups in total. The fourth-order valence-corrected chi connectivity index (χ4v) is 2.71. The molecule has 2 rings (SSSR count). The number of urea groups is 1. The first-order chi connectivity index (χ1) is 10.1. The quantitative estimate of drug-likeness (QED) is 0.725. The normalized spacial score (nSPS) is 21.0. The van der Waals surface area contributed by atoms with Crippen molar-refractivity contribution >= 4 is 29.4 Å². The number of carbonyl (C=O) groups excluding carboxylic acids is 1. The third-order valence-corrected chi connectivity index (χ3v) is 4.02. The number of carbonyl (C=O) groups is 2. The van der Waals surface area contributed by atoms with Crippen LogP contribution in [0, 0.1) is 0 Å². The first-order valence-corrected chi connectivity index (χ1v) is 7.88. The predicted octanol–water partition coefficient (Wildman–Crippen LogP) is 2.16. The topological polar surface area (TPSA) is 87.7 Å². The van der Waals surface area contributed by atoms with Gasteiger partial charge in [0.1, 0.15) is 0 Å². The first-order valence-electron chi connectivity index (χ1n) is 6.66. The summed E-state index contributed by atoms with van der Waals surface area (Å²) in [7, 11) is 0. The van der Waals surface area contributed by atoms with Crippen molar-refractivity contribution in [2.75, 3.05) is 18.1 Å². The minimum atomic E-state index is -0.948. The minimum absolute atomic E-state index is 0.243. The molecule has 2 atom stereocenters. The van der Waals surface area contributed by atoms with Crippen molar-refractivity contribution in [3.05, 3.63) is 24.3 Å². The van der Waals surface area contributed by atoms with Gasteiger partial charge in [-0.1, -0.05) is 12.1 Å². The maximum absolute atomic E-state index is 11.8. The second kappa shape index (κ2) is 7.33. The van der Waals surface area contributed by atoms with Gasteiger partial charge in [-0.05, 0) is 31.2 Å². The number of para-hydroxylation sites is 1. The van der Waals surface area contributed by atoms with Crippen molar-refractivity contribution in [3.8, 4) is 0 Å². The number of rotatable bonds is 5. The van der Waals surface area contributed by atoms with Gasteiger partial charge in [0.2, 0.25) is 0 Å². The van der Waals surface area contributed by atoms with Crippen LogP contribution in [0.4, 0.5) is 10.5 Å². The summed E-state index contributed by atoms with van der Waals surface area (Å²) in [4.78, 5) is 23.6. The molecule has 1 aromatic rings. The maximum atomic E-state index is 11.8. The molecule has 1 aliphatic heterocycles. The van der Waals surface area contributed by atoms with Crippen molar-refractivity contribution in [2.45, 2.75) is 29.9 Å². The molecule has 1 aliphatic rings. The summed E-state index contributed by atoms with van der Waals surface area (Å²) >= 11 is 1.55. The molecule has 2 amide bonds. The van der Waals surface area contributed by atoms with Crippen LogP contribution in [0.5, 0.6) is 0 Å². The highest BCUT2D eigenvalue weighted by molar-refractivity contribution is 7.98. The van der Waals surface area contributed by atoms with E-state index in [4.69, 9.17) is 9.84 Å². The van der Waals surface area contributed by atoms with Crippen molar-refractivity contribution in [1.82, 2.24) is 5.32 Å². The molecule has 0 aliphatic carbocycles. The minimum Gasteiger partial charge on any atom is -0.479 e. The van der Waals surface area contributed by atoms with E-state index in [1.807, 2.05) is 30.5 Å². The Balaban J connectivity index is 1.79. The monoisotopic (exact) mass is 310 g/mol. The van der Waals surface area contributed by atoms with Gasteiger partial charge in [-0.15, -0.1) is 11.8 Å². The van der Waals surface area contributed by atoms with Crippen LogP contribution in [-0.4, -0.2) is 42.1 Å². The largest absolute Gasteiger partial charge is 0.479 e. The number of thioether (sulfide) groups is 1. The molecule has 0 saturated carbocycles. The molecule has 7 heteroatoms. The summed E-state index contributed by atoms with van der Waals surface area (Å²) in [5, 5.41) is 14.3. The summed E-state index contributed by atoms with van der Waals surface area (Å²) in [5.74, 6) is -0.948. The molecule has 1 heterocycles. The first kappa shape index (κ1) is 15.7. The van der Waals surface area contributed by atoms with Gasteiger partial charge < -0.3 is 20.5 Å². The number of anilines is 1. The number of hydrogen-bond donors (Lipinski definition) is 3. The number of amides is 2. The number of benzene rings is 1. The number of ether oxygens (including phenoxy) is 1. The van der Waals surface area contributed by atoms with E-state index < -0.39 is 12.1 Å². The Hall–Kier alpha value is -1.73. The van der Waals surface area contributed by atoms with E-state index in [1.54, 1.807) is 11.8 Å². The van der Waals surface area contributed by atoms with Gasteiger partial charge in [0, 0.05) is 11.4 Å². The molecule has 114 valence electrons. The smallest absolute Gasteiger partial charge is 0.332 e. The van der Waals surface area contributed by atoms with E-state index >= 15 is 0 Å². The SMILES string of the molecule is CSc1ccccc1NC(=O)NCC1CCC(C(=O)O)O1. The molecule has 0 radical (unpaired) electrons. The standard InChI is InChI=1S/C14H18N2O4S/c1-21-12-5-3-2-4-10(12)16-14(19)15-8-9-6-7-11(20-9)13(17)18/h2-5,9,11H,6-8H2,1H3,(H,17,18)(H2,15,16,19). The third-order valence-electron chi connectivity index (χ3n) is 3.23. The molecule has 6 nitrogen and oxygen atoms in total. The number of nitrogens with one attached hydrogen (secondary N) is 2. The molecule has 21 heavy (non-hydrogen) atoms. The van der Waals surface area contributed by atoms with Gasteiger partial charge in [0.05, 0.1) is 11.8 Å². The Kier molecular flexibility index (Phi) is 5.46. The van der Waals surface area contributed by atoms with Crippen LogP contribution in [0.3, 0.4) is 0 Å². The van der Waals surface area contributed by atoms with Crippen LogP contribution in [0.15, 0.2) is 29.2 Å². The lowest BCUT2D eigenvalue weighted by atomic mass is 10.2. The highest BCUT2D eigenvalue weighted by Gasteiger charge is 2.30. The number of carboxylic acids is 1. The summed E-state index contributed by atoms with van der Waals surface area (Å²) in [6.45, 7) is 0.303. The molecular formula is C14H18N2O4S. The molecule has 2 unspecified atom stereocenters. The van der Waals surface area contributed by atoms with Crippen LogP contribution in [0.2, 0.25) is 0 Å². The highest BCUT2D eigenvalue weighted by atomic mass is 32.2. The molecule has 0 aromatic heterocycles. The zero-order valence-corrected chi connectivity index (χ0v) is 12.5. The van der Waals surface area contributed by atoms with Gasteiger partial charge in [-0.2, -0.15) is 0 Å². The Bertz CT molecular complexity index is 523. The Morgan fingerprint density at radius 2 is 2.14 bits per heavy atom. The molecular weight excluding hydrogens is 292 g/mol. The van der Waals surface area contributed by atoms with E-state index in [0.29, 0.717) is 19.4 Å². The van der Waals surface area contributed by atoms with Crippen molar-refractivity contribution < 1.29 is 19.4 Å². The molecule has 0 spiro atoms. The number of hydrogen-bond acceptors (Lipinski definition) is 4. The van der Waals surface area contributed by atoms with E-state index in [9.17, 15) is 9.59 Å². The lowest BCUT2D eigenvalue weighted by Crippen LogP contribution is -2.36. The zero-order chi connectivity index (χ0) is 15.2. The van der Waals surface area contributed by atoms with Crippen LogP contribution in [0.1, 0.15) is 12.8 Å². The van der Waals surface area contributed by atoms with Crippen molar-refractivity contribution in [2.24, 2.45) is 0 Å². The lowest BCUT2D eigenvalue weighted by Gasteiger charge is -2.14. The van der Waals surface area contributed by atoms with Gasteiger partial charge >= 0.3 is 12.0 Å². The zero-order valence-electron chi connectivity index (χ0n) is 11.7. The van der Waals surface area contributed by atoms with Crippen LogP contribution < -0.4 is 10.6 Å². The number of aliphatic carboxylic acids is 1. The fourth-order valence-electron chi connectivity index (χ4n) is 2.16. The second-order valence-electron chi connectivity index (χ2n) is 4.70. The highest BCUT2D eigenvalue weighted by Crippen LogP contribution is 2.24. The van der Waals surface area contributed by atoms with E-state index in [2.05, 4.69) is 10.6 Å².